The second-order valence-electron chi connectivity index (χ2n) is 3.21. The molecule has 0 atom stereocenters. The Labute approximate surface area is 90.5 Å². The summed E-state index contributed by atoms with van der Waals surface area (Å²) in [6.07, 6.45) is 7.25. The third-order valence-electron chi connectivity index (χ3n) is 2.15. The van der Waals surface area contributed by atoms with Crippen LogP contribution in [0.25, 0.3) is 0 Å². The lowest BCUT2D eigenvalue weighted by Gasteiger charge is -2.06. The fourth-order valence-electron chi connectivity index (χ4n) is 1.33. The molecule has 0 radical (unpaired) electrons. The van der Waals surface area contributed by atoms with Crippen LogP contribution in [-0.2, 0) is 6.54 Å². The zero-order chi connectivity index (χ0) is 10.2. The van der Waals surface area contributed by atoms with Crippen LogP contribution < -0.4 is 5.32 Å². The molecule has 1 aromatic heterocycles. The highest BCUT2D eigenvalue weighted by Gasteiger charge is 1.98. The number of halogens is 1. The number of hydrogen-bond donors (Lipinski definition) is 1. The summed E-state index contributed by atoms with van der Waals surface area (Å²) in [7, 11) is 0. The van der Waals surface area contributed by atoms with Gasteiger partial charge in [-0.15, -0.1) is 11.6 Å². The maximum atomic E-state index is 5.59. The number of aromatic nitrogens is 2. The van der Waals surface area contributed by atoms with Crippen LogP contribution in [0, 0.1) is 0 Å². The number of hydrogen-bond acceptors (Lipinski definition) is 2. The van der Waals surface area contributed by atoms with E-state index in [0.29, 0.717) is 0 Å². The Balaban J connectivity index is 2.17. The van der Waals surface area contributed by atoms with E-state index in [1.165, 1.54) is 6.42 Å². The van der Waals surface area contributed by atoms with E-state index < -0.39 is 0 Å². The molecule has 80 valence electrons. The van der Waals surface area contributed by atoms with Gasteiger partial charge in [0, 0.05) is 31.4 Å². The van der Waals surface area contributed by atoms with Crippen molar-refractivity contribution < 1.29 is 0 Å². The van der Waals surface area contributed by atoms with Gasteiger partial charge in [0.15, 0.2) is 0 Å². The number of nitrogens with zero attached hydrogens (tertiary/aromatic N) is 2. The third kappa shape index (κ3) is 3.58. The Morgan fingerprint density at radius 2 is 2.29 bits per heavy atom. The molecule has 0 amide bonds. The average Bonchev–Trinajstić information content (AvgIpc) is 2.65. The van der Waals surface area contributed by atoms with Crippen molar-refractivity contribution in [2.75, 3.05) is 17.7 Å². The largest absolute Gasteiger partial charge is 0.356 e. The van der Waals surface area contributed by atoms with E-state index in [1.54, 1.807) is 0 Å². The minimum atomic E-state index is 0.767. The van der Waals surface area contributed by atoms with Crippen LogP contribution in [-0.4, -0.2) is 22.0 Å². The summed E-state index contributed by atoms with van der Waals surface area (Å²) in [6.45, 7) is 4.05. The molecule has 3 nitrogen and oxygen atoms in total. The van der Waals surface area contributed by atoms with E-state index in [4.69, 9.17) is 11.6 Å². The quantitative estimate of drug-likeness (QED) is 0.560. The number of aryl methyl sites for hydroxylation is 1. The Morgan fingerprint density at radius 3 is 3.00 bits per heavy atom. The van der Waals surface area contributed by atoms with Gasteiger partial charge in [0.05, 0.1) is 0 Å². The Bertz CT molecular complexity index is 247. The van der Waals surface area contributed by atoms with Crippen molar-refractivity contribution in [3.63, 3.8) is 0 Å². The summed E-state index contributed by atoms with van der Waals surface area (Å²) in [5.41, 5.74) is 0. The number of imidazole rings is 1. The van der Waals surface area contributed by atoms with Crippen LogP contribution in [0.3, 0.4) is 0 Å². The van der Waals surface area contributed by atoms with Crippen LogP contribution in [0.15, 0.2) is 12.4 Å². The standard InChI is InChI=1S/C10H18ClN3/c1-2-14-9-8-13-10(14)12-7-5-3-4-6-11/h8-9H,2-7H2,1H3,(H,12,13). The molecule has 0 bridgehead atoms. The molecule has 0 aromatic carbocycles. The highest BCUT2D eigenvalue weighted by atomic mass is 35.5. The molecular weight excluding hydrogens is 198 g/mol. The molecule has 1 rings (SSSR count). The van der Waals surface area contributed by atoms with Crippen LogP contribution in [0.5, 0.6) is 0 Å². The van der Waals surface area contributed by atoms with Crippen molar-refractivity contribution in [3.05, 3.63) is 12.4 Å². The zero-order valence-corrected chi connectivity index (χ0v) is 9.43. The van der Waals surface area contributed by atoms with E-state index in [-0.39, 0.29) is 0 Å². The van der Waals surface area contributed by atoms with Gasteiger partial charge in [0.25, 0.3) is 0 Å². The second-order valence-corrected chi connectivity index (χ2v) is 3.59. The van der Waals surface area contributed by atoms with Crippen molar-refractivity contribution >= 4 is 17.5 Å². The summed E-state index contributed by atoms with van der Waals surface area (Å²) in [4.78, 5) is 4.23. The van der Waals surface area contributed by atoms with Gasteiger partial charge in [-0.2, -0.15) is 0 Å². The second kappa shape index (κ2) is 6.71. The number of alkyl halides is 1. The lowest BCUT2D eigenvalue weighted by Crippen LogP contribution is -2.07. The summed E-state index contributed by atoms with van der Waals surface area (Å²) < 4.78 is 2.10. The van der Waals surface area contributed by atoms with E-state index in [9.17, 15) is 0 Å². The first-order valence-electron chi connectivity index (χ1n) is 5.19. The minimum absolute atomic E-state index is 0.767. The van der Waals surface area contributed by atoms with Gasteiger partial charge < -0.3 is 9.88 Å². The van der Waals surface area contributed by atoms with Gasteiger partial charge in [0.2, 0.25) is 5.95 Å². The van der Waals surface area contributed by atoms with Crippen LogP contribution in [0.2, 0.25) is 0 Å². The molecule has 0 saturated carbocycles. The van der Waals surface area contributed by atoms with Crippen LogP contribution in [0.1, 0.15) is 26.2 Å². The molecule has 0 fully saturated rings. The summed E-state index contributed by atoms with van der Waals surface area (Å²) in [5, 5.41) is 3.31. The Kier molecular flexibility index (Phi) is 5.45. The van der Waals surface area contributed by atoms with Gasteiger partial charge >= 0.3 is 0 Å². The normalized spacial score (nSPS) is 10.4. The number of rotatable bonds is 7. The van der Waals surface area contributed by atoms with Gasteiger partial charge in [-0.25, -0.2) is 4.98 Å². The van der Waals surface area contributed by atoms with E-state index in [2.05, 4.69) is 21.8 Å². The first-order chi connectivity index (χ1) is 6.88. The topological polar surface area (TPSA) is 29.9 Å². The fraction of sp³-hybridized carbons (Fsp3) is 0.700. The molecule has 0 spiro atoms. The smallest absolute Gasteiger partial charge is 0.202 e. The molecule has 0 unspecified atom stereocenters. The summed E-state index contributed by atoms with van der Waals surface area (Å²) in [6, 6.07) is 0. The summed E-state index contributed by atoms with van der Waals surface area (Å²) in [5.74, 6) is 1.74. The average molecular weight is 216 g/mol. The number of unbranched alkanes of at least 4 members (excludes halogenated alkanes) is 2. The molecule has 0 saturated heterocycles. The van der Waals surface area contributed by atoms with Crippen molar-refractivity contribution in [1.82, 2.24) is 9.55 Å². The highest BCUT2D eigenvalue weighted by Crippen LogP contribution is 2.04. The van der Waals surface area contributed by atoms with Gasteiger partial charge in [-0.05, 0) is 19.8 Å². The molecule has 14 heavy (non-hydrogen) atoms. The van der Waals surface area contributed by atoms with E-state index in [1.807, 2.05) is 12.4 Å². The molecule has 4 heteroatoms. The molecular formula is C10H18ClN3. The SMILES string of the molecule is CCn1ccnc1NCCCCCCl. The highest BCUT2D eigenvalue weighted by molar-refractivity contribution is 6.17. The van der Waals surface area contributed by atoms with Gasteiger partial charge in [-0.3, -0.25) is 0 Å². The van der Waals surface area contributed by atoms with Crippen LogP contribution >= 0.6 is 11.6 Å². The van der Waals surface area contributed by atoms with Gasteiger partial charge in [0.1, 0.15) is 0 Å². The predicted octanol–water partition coefficient (Wildman–Crippen LogP) is 2.72. The maximum Gasteiger partial charge on any atom is 0.202 e. The third-order valence-corrected chi connectivity index (χ3v) is 2.42. The van der Waals surface area contributed by atoms with Crippen molar-refractivity contribution in [1.29, 1.82) is 0 Å². The Morgan fingerprint density at radius 1 is 1.43 bits per heavy atom. The molecule has 0 aliphatic heterocycles. The lowest BCUT2D eigenvalue weighted by molar-refractivity contribution is 0.724. The predicted molar refractivity (Wildman–Crippen MR) is 61.0 cm³/mol. The number of anilines is 1. The molecule has 1 heterocycles. The fourth-order valence-corrected chi connectivity index (χ4v) is 1.52. The van der Waals surface area contributed by atoms with E-state index >= 15 is 0 Å². The molecule has 0 aliphatic carbocycles. The van der Waals surface area contributed by atoms with Crippen molar-refractivity contribution in [2.24, 2.45) is 0 Å². The number of nitrogens with one attached hydrogen (secondary N) is 1. The van der Waals surface area contributed by atoms with Crippen molar-refractivity contribution in [2.45, 2.75) is 32.7 Å². The van der Waals surface area contributed by atoms with E-state index in [0.717, 1.165) is 37.8 Å². The van der Waals surface area contributed by atoms with Crippen molar-refractivity contribution in [3.8, 4) is 0 Å². The lowest BCUT2D eigenvalue weighted by atomic mass is 10.2. The Hall–Kier alpha value is -0.700. The van der Waals surface area contributed by atoms with Gasteiger partial charge in [-0.1, -0.05) is 6.42 Å². The monoisotopic (exact) mass is 215 g/mol. The zero-order valence-electron chi connectivity index (χ0n) is 8.67. The first kappa shape index (κ1) is 11.4. The molecule has 1 N–H and O–H groups in total. The van der Waals surface area contributed by atoms with Crippen LogP contribution in [0.4, 0.5) is 5.95 Å². The minimum Gasteiger partial charge on any atom is -0.356 e. The summed E-state index contributed by atoms with van der Waals surface area (Å²) >= 11 is 5.59. The first-order valence-corrected chi connectivity index (χ1v) is 5.73. The molecule has 1 aromatic rings. The maximum absolute atomic E-state index is 5.59. The molecule has 0 aliphatic rings.